The molecule has 1 aromatic heterocycles. The van der Waals surface area contributed by atoms with Crippen molar-refractivity contribution in [3.05, 3.63) is 24.0 Å². The number of hydrogen-bond acceptors (Lipinski definition) is 4. The van der Waals surface area contributed by atoms with Gasteiger partial charge in [-0.25, -0.2) is 8.42 Å². The second-order valence-electron chi connectivity index (χ2n) is 3.54. The van der Waals surface area contributed by atoms with E-state index in [1.807, 2.05) is 6.92 Å². The number of sulfonamides is 1. The van der Waals surface area contributed by atoms with Crippen molar-refractivity contribution in [2.24, 2.45) is 0 Å². The number of aromatic nitrogens is 1. The summed E-state index contributed by atoms with van der Waals surface area (Å²) < 4.78 is 25.5. The van der Waals surface area contributed by atoms with Gasteiger partial charge >= 0.3 is 0 Å². The molecule has 1 rings (SSSR count). The molecule has 0 atom stereocenters. The molecule has 16 heavy (non-hydrogen) atoms. The number of aliphatic hydroxyl groups is 1. The quantitative estimate of drug-likeness (QED) is 0.729. The first-order chi connectivity index (χ1) is 7.53. The molecule has 0 amide bonds. The van der Waals surface area contributed by atoms with E-state index in [4.69, 9.17) is 5.11 Å². The molecule has 2 N–H and O–H groups in total. The van der Waals surface area contributed by atoms with Crippen LogP contribution in [0.5, 0.6) is 0 Å². The SMILES string of the molecule is Cc1ccc(NS(=O)(=O)CCCCO)cn1. The maximum absolute atomic E-state index is 11.5. The van der Waals surface area contributed by atoms with Crippen molar-refractivity contribution < 1.29 is 13.5 Å². The van der Waals surface area contributed by atoms with E-state index in [2.05, 4.69) is 9.71 Å². The van der Waals surface area contributed by atoms with Crippen LogP contribution in [0.3, 0.4) is 0 Å². The van der Waals surface area contributed by atoms with Crippen molar-refractivity contribution in [1.29, 1.82) is 0 Å². The Kier molecular flexibility index (Phi) is 4.70. The standard InChI is InChI=1S/C10H16N2O3S/c1-9-4-5-10(8-11-9)12-16(14,15)7-3-2-6-13/h4-5,8,12-13H,2-3,6-7H2,1H3. The first kappa shape index (κ1) is 12.9. The van der Waals surface area contributed by atoms with Gasteiger partial charge < -0.3 is 5.11 Å². The maximum atomic E-state index is 11.5. The van der Waals surface area contributed by atoms with Crippen LogP contribution in [0.4, 0.5) is 5.69 Å². The van der Waals surface area contributed by atoms with Gasteiger partial charge in [0.15, 0.2) is 0 Å². The number of nitrogens with zero attached hydrogens (tertiary/aromatic N) is 1. The molecule has 0 saturated carbocycles. The number of anilines is 1. The third-order valence-electron chi connectivity index (χ3n) is 2.01. The fourth-order valence-electron chi connectivity index (χ4n) is 1.16. The van der Waals surface area contributed by atoms with Crippen LogP contribution in [0, 0.1) is 6.92 Å². The Bertz CT molecular complexity index is 414. The Labute approximate surface area is 95.6 Å². The summed E-state index contributed by atoms with van der Waals surface area (Å²) in [5.41, 5.74) is 1.30. The highest BCUT2D eigenvalue weighted by Gasteiger charge is 2.09. The van der Waals surface area contributed by atoms with Gasteiger partial charge in [0, 0.05) is 12.3 Å². The lowest BCUT2D eigenvalue weighted by Crippen LogP contribution is -2.17. The molecule has 1 heterocycles. The molecule has 0 aliphatic carbocycles. The molecule has 0 aromatic carbocycles. The minimum atomic E-state index is -3.32. The lowest BCUT2D eigenvalue weighted by Gasteiger charge is -2.07. The first-order valence-corrected chi connectivity index (χ1v) is 6.73. The first-order valence-electron chi connectivity index (χ1n) is 5.07. The summed E-state index contributed by atoms with van der Waals surface area (Å²) in [5.74, 6) is 0.0153. The Morgan fingerprint density at radius 3 is 2.69 bits per heavy atom. The molecule has 0 fully saturated rings. The van der Waals surface area contributed by atoms with Crippen LogP contribution < -0.4 is 4.72 Å². The van der Waals surface area contributed by atoms with E-state index in [0.29, 0.717) is 18.5 Å². The maximum Gasteiger partial charge on any atom is 0.232 e. The Morgan fingerprint density at radius 2 is 2.12 bits per heavy atom. The fourth-order valence-corrected chi connectivity index (χ4v) is 2.33. The zero-order valence-corrected chi connectivity index (χ0v) is 10.00. The molecule has 0 bridgehead atoms. The predicted octanol–water partition coefficient (Wildman–Crippen LogP) is 0.904. The average Bonchev–Trinajstić information content (AvgIpc) is 2.21. The predicted molar refractivity (Wildman–Crippen MR) is 62.7 cm³/mol. The van der Waals surface area contributed by atoms with Crippen molar-refractivity contribution in [3.8, 4) is 0 Å². The van der Waals surface area contributed by atoms with Crippen LogP contribution >= 0.6 is 0 Å². The Balaban J connectivity index is 2.55. The second kappa shape index (κ2) is 5.81. The van der Waals surface area contributed by atoms with Gasteiger partial charge in [-0.3, -0.25) is 9.71 Å². The zero-order chi connectivity index (χ0) is 12.0. The number of aryl methyl sites for hydroxylation is 1. The summed E-state index contributed by atoms with van der Waals surface area (Å²) >= 11 is 0. The summed E-state index contributed by atoms with van der Waals surface area (Å²) in [6, 6.07) is 3.41. The summed E-state index contributed by atoms with van der Waals surface area (Å²) in [7, 11) is -3.32. The molecule has 0 aliphatic heterocycles. The smallest absolute Gasteiger partial charge is 0.232 e. The molecule has 90 valence electrons. The summed E-state index contributed by atoms with van der Waals surface area (Å²) in [6.07, 6.45) is 2.43. The molecule has 0 saturated heterocycles. The minimum Gasteiger partial charge on any atom is -0.396 e. The van der Waals surface area contributed by atoms with Crippen molar-refractivity contribution in [3.63, 3.8) is 0 Å². The molecule has 0 aliphatic rings. The van der Waals surface area contributed by atoms with E-state index in [0.717, 1.165) is 5.69 Å². The molecular weight excluding hydrogens is 228 g/mol. The van der Waals surface area contributed by atoms with E-state index in [-0.39, 0.29) is 12.4 Å². The molecule has 1 aromatic rings. The van der Waals surface area contributed by atoms with Crippen molar-refractivity contribution in [2.75, 3.05) is 17.1 Å². The highest BCUT2D eigenvalue weighted by molar-refractivity contribution is 7.92. The van der Waals surface area contributed by atoms with Gasteiger partial charge in [-0.05, 0) is 31.9 Å². The van der Waals surface area contributed by atoms with Crippen molar-refractivity contribution >= 4 is 15.7 Å². The molecule has 0 spiro atoms. The topological polar surface area (TPSA) is 79.3 Å². The average molecular weight is 244 g/mol. The zero-order valence-electron chi connectivity index (χ0n) is 9.18. The van der Waals surface area contributed by atoms with E-state index in [1.165, 1.54) is 6.20 Å². The van der Waals surface area contributed by atoms with Gasteiger partial charge in [0.1, 0.15) is 0 Å². The third kappa shape index (κ3) is 4.59. The van der Waals surface area contributed by atoms with Crippen LogP contribution in [-0.4, -0.2) is 30.9 Å². The van der Waals surface area contributed by atoms with Crippen LogP contribution in [0.2, 0.25) is 0 Å². The largest absolute Gasteiger partial charge is 0.396 e. The van der Waals surface area contributed by atoms with Crippen LogP contribution in [0.15, 0.2) is 18.3 Å². The number of nitrogens with one attached hydrogen (secondary N) is 1. The number of aliphatic hydroxyl groups excluding tert-OH is 1. The van der Waals surface area contributed by atoms with Crippen LogP contribution in [0.25, 0.3) is 0 Å². The molecular formula is C10H16N2O3S. The van der Waals surface area contributed by atoms with Crippen molar-refractivity contribution in [2.45, 2.75) is 19.8 Å². The highest BCUT2D eigenvalue weighted by atomic mass is 32.2. The van der Waals surface area contributed by atoms with E-state index in [9.17, 15) is 8.42 Å². The summed E-state index contributed by atoms with van der Waals surface area (Å²) in [6.45, 7) is 1.85. The summed E-state index contributed by atoms with van der Waals surface area (Å²) in [5, 5.41) is 8.56. The van der Waals surface area contributed by atoms with Gasteiger partial charge in [-0.15, -0.1) is 0 Å². The number of rotatable bonds is 6. The van der Waals surface area contributed by atoms with E-state index in [1.54, 1.807) is 12.1 Å². The lowest BCUT2D eigenvalue weighted by atomic mass is 10.4. The van der Waals surface area contributed by atoms with E-state index >= 15 is 0 Å². The minimum absolute atomic E-state index is 0.0153. The van der Waals surface area contributed by atoms with Gasteiger partial charge in [-0.1, -0.05) is 0 Å². The number of hydrogen-bond donors (Lipinski definition) is 2. The fraction of sp³-hybridized carbons (Fsp3) is 0.500. The van der Waals surface area contributed by atoms with Crippen molar-refractivity contribution in [1.82, 2.24) is 4.98 Å². The molecule has 0 radical (unpaired) electrons. The van der Waals surface area contributed by atoms with Crippen LogP contribution in [-0.2, 0) is 10.0 Å². The van der Waals surface area contributed by atoms with E-state index < -0.39 is 10.0 Å². The molecule has 0 unspecified atom stereocenters. The highest BCUT2D eigenvalue weighted by Crippen LogP contribution is 2.09. The second-order valence-corrected chi connectivity index (χ2v) is 5.38. The van der Waals surface area contributed by atoms with Gasteiger partial charge in [0.2, 0.25) is 10.0 Å². The lowest BCUT2D eigenvalue weighted by molar-refractivity contribution is 0.287. The van der Waals surface area contributed by atoms with Gasteiger partial charge in [0.25, 0.3) is 0 Å². The van der Waals surface area contributed by atoms with Crippen LogP contribution in [0.1, 0.15) is 18.5 Å². The molecule has 5 nitrogen and oxygen atoms in total. The van der Waals surface area contributed by atoms with Gasteiger partial charge in [0.05, 0.1) is 17.6 Å². The summed E-state index contributed by atoms with van der Waals surface area (Å²) in [4.78, 5) is 3.99. The molecule has 6 heteroatoms. The third-order valence-corrected chi connectivity index (χ3v) is 3.38. The monoisotopic (exact) mass is 244 g/mol. The normalized spacial score (nSPS) is 11.4. The number of unbranched alkanes of at least 4 members (excludes halogenated alkanes) is 1. The Hall–Kier alpha value is -1.14. The Morgan fingerprint density at radius 1 is 1.38 bits per heavy atom. The van der Waals surface area contributed by atoms with Gasteiger partial charge in [-0.2, -0.15) is 0 Å². The number of pyridine rings is 1.